The fraction of sp³-hybridized carbons (Fsp3) is 0.625. The van der Waals surface area contributed by atoms with Crippen LogP contribution in [0.3, 0.4) is 0 Å². The fourth-order valence-corrected chi connectivity index (χ4v) is 3.13. The standard InChI is InChI=1S/C16H22N2O2/c1-5-9(2)13-10(8-17)15(18)20-12-7-16(3,4)6-11(19)14(12)13/h9,13H,5-7,18H2,1-4H3/t9-,13-/m1/s1. The number of carbonyl (C=O) groups excluding carboxylic acids is 1. The molecule has 0 aromatic heterocycles. The molecule has 2 rings (SSSR count). The Morgan fingerprint density at radius 2 is 2.15 bits per heavy atom. The highest BCUT2D eigenvalue weighted by Gasteiger charge is 2.43. The van der Waals surface area contributed by atoms with E-state index >= 15 is 0 Å². The van der Waals surface area contributed by atoms with E-state index in [0.717, 1.165) is 6.42 Å². The minimum Gasteiger partial charge on any atom is -0.444 e. The predicted molar refractivity (Wildman–Crippen MR) is 75.9 cm³/mol. The van der Waals surface area contributed by atoms with Crippen LogP contribution in [-0.2, 0) is 9.53 Å². The lowest BCUT2D eigenvalue weighted by molar-refractivity contribution is -0.119. The summed E-state index contributed by atoms with van der Waals surface area (Å²) in [5.41, 5.74) is 6.89. The topological polar surface area (TPSA) is 76.1 Å². The number of rotatable bonds is 2. The molecule has 0 aromatic carbocycles. The van der Waals surface area contributed by atoms with Crippen molar-refractivity contribution in [2.45, 2.75) is 47.0 Å². The van der Waals surface area contributed by atoms with Gasteiger partial charge >= 0.3 is 0 Å². The summed E-state index contributed by atoms with van der Waals surface area (Å²) >= 11 is 0. The molecule has 0 radical (unpaired) electrons. The SMILES string of the molecule is CC[C@@H](C)[C@@H]1C(C#N)=C(N)OC2=C1C(=O)CC(C)(C)C2. The van der Waals surface area contributed by atoms with Gasteiger partial charge < -0.3 is 10.5 Å². The van der Waals surface area contributed by atoms with E-state index in [1.165, 1.54) is 0 Å². The molecule has 0 bridgehead atoms. The van der Waals surface area contributed by atoms with Crippen LogP contribution in [0.25, 0.3) is 0 Å². The molecule has 4 nitrogen and oxygen atoms in total. The number of ketones is 1. The van der Waals surface area contributed by atoms with Crippen molar-refractivity contribution in [3.63, 3.8) is 0 Å². The van der Waals surface area contributed by atoms with E-state index in [2.05, 4.69) is 33.8 Å². The van der Waals surface area contributed by atoms with E-state index in [9.17, 15) is 10.1 Å². The second-order valence-electron chi connectivity index (χ2n) is 6.63. The number of ether oxygens (including phenoxy) is 1. The van der Waals surface area contributed by atoms with Gasteiger partial charge in [0.05, 0.1) is 5.57 Å². The zero-order valence-electron chi connectivity index (χ0n) is 12.6. The second-order valence-corrected chi connectivity index (χ2v) is 6.63. The molecule has 2 N–H and O–H groups in total. The van der Waals surface area contributed by atoms with Gasteiger partial charge in [0, 0.05) is 24.3 Å². The highest BCUT2D eigenvalue weighted by Crippen LogP contribution is 2.46. The van der Waals surface area contributed by atoms with E-state index in [1.807, 2.05) is 0 Å². The zero-order chi connectivity index (χ0) is 15.1. The summed E-state index contributed by atoms with van der Waals surface area (Å²) in [5.74, 6) is 0.927. The highest BCUT2D eigenvalue weighted by atomic mass is 16.5. The fourth-order valence-electron chi connectivity index (χ4n) is 3.13. The number of carbonyl (C=O) groups is 1. The van der Waals surface area contributed by atoms with E-state index in [1.54, 1.807) is 0 Å². The molecule has 0 fully saturated rings. The van der Waals surface area contributed by atoms with Crippen molar-refractivity contribution in [3.8, 4) is 6.07 Å². The Labute approximate surface area is 120 Å². The Balaban J connectivity index is 2.54. The van der Waals surface area contributed by atoms with E-state index in [4.69, 9.17) is 10.5 Å². The van der Waals surface area contributed by atoms with Crippen molar-refractivity contribution in [2.24, 2.45) is 23.0 Å². The molecule has 2 aliphatic rings. The van der Waals surface area contributed by atoms with E-state index < -0.39 is 0 Å². The summed E-state index contributed by atoms with van der Waals surface area (Å²) in [7, 11) is 0. The van der Waals surface area contributed by atoms with Gasteiger partial charge in [-0.25, -0.2) is 0 Å². The van der Waals surface area contributed by atoms with Crippen LogP contribution in [-0.4, -0.2) is 5.78 Å². The predicted octanol–water partition coefficient (Wildman–Crippen LogP) is 3.02. The third kappa shape index (κ3) is 2.33. The van der Waals surface area contributed by atoms with Crippen molar-refractivity contribution in [1.82, 2.24) is 0 Å². The summed E-state index contributed by atoms with van der Waals surface area (Å²) in [6.45, 7) is 8.22. The van der Waals surface area contributed by atoms with Crippen molar-refractivity contribution in [1.29, 1.82) is 5.26 Å². The Kier molecular flexibility index (Phi) is 3.64. The van der Waals surface area contributed by atoms with Gasteiger partial charge in [0.2, 0.25) is 5.88 Å². The zero-order valence-corrected chi connectivity index (χ0v) is 12.6. The maximum absolute atomic E-state index is 12.5. The van der Waals surface area contributed by atoms with Crippen LogP contribution in [0, 0.1) is 28.6 Å². The summed E-state index contributed by atoms with van der Waals surface area (Å²) in [5, 5.41) is 9.35. The first-order valence-electron chi connectivity index (χ1n) is 7.14. The van der Waals surface area contributed by atoms with Crippen LogP contribution >= 0.6 is 0 Å². The monoisotopic (exact) mass is 274 g/mol. The molecular formula is C16H22N2O2. The third-order valence-corrected chi connectivity index (χ3v) is 4.33. The number of nitrogens with zero attached hydrogens (tertiary/aromatic N) is 1. The van der Waals surface area contributed by atoms with Crippen LogP contribution in [0.2, 0.25) is 0 Å². The Hall–Kier alpha value is -1.76. The molecule has 2 atom stereocenters. The number of hydrogen-bond acceptors (Lipinski definition) is 4. The molecule has 0 spiro atoms. The molecular weight excluding hydrogens is 252 g/mol. The number of allylic oxidation sites excluding steroid dienone is 3. The van der Waals surface area contributed by atoms with Crippen molar-refractivity contribution >= 4 is 5.78 Å². The number of nitrogens with two attached hydrogens (primary N) is 1. The first kappa shape index (κ1) is 14.6. The highest BCUT2D eigenvalue weighted by molar-refractivity contribution is 5.98. The van der Waals surface area contributed by atoms with E-state index in [0.29, 0.717) is 29.7 Å². The molecule has 0 saturated heterocycles. The molecule has 0 aromatic rings. The Morgan fingerprint density at radius 1 is 1.50 bits per heavy atom. The quantitative estimate of drug-likeness (QED) is 0.839. The van der Waals surface area contributed by atoms with Crippen LogP contribution in [0.15, 0.2) is 22.8 Å². The van der Waals surface area contributed by atoms with Gasteiger partial charge in [-0.3, -0.25) is 4.79 Å². The lowest BCUT2D eigenvalue weighted by Crippen LogP contribution is -2.36. The Morgan fingerprint density at radius 3 is 2.70 bits per heavy atom. The minimum atomic E-state index is -0.211. The third-order valence-electron chi connectivity index (χ3n) is 4.33. The van der Waals surface area contributed by atoms with Crippen molar-refractivity contribution in [2.75, 3.05) is 0 Å². The normalized spacial score (nSPS) is 26.8. The molecule has 1 heterocycles. The average Bonchev–Trinajstić information content (AvgIpc) is 2.34. The number of nitriles is 1. The average molecular weight is 274 g/mol. The molecule has 108 valence electrons. The summed E-state index contributed by atoms with van der Waals surface area (Å²) < 4.78 is 5.62. The van der Waals surface area contributed by atoms with Gasteiger partial charge in [0.15, 0.2) is 5.78 Å². The molecule has 1 aliphatic carbocycles. The van der Waals surface area contributed by atoms with Gasteiger partial charge in [0.1, 0.15) is 11.8 Å². The van der Waals surface area contributed by atoms with Crippen molar-refractivity contribution < 1.29 is 9.53 Å². The molecule has 0 unspecified atom stereocenters. The van der Waals surface area contributed by atoms with Gasteiger partial charge in [-0.2, -0.15) is 5.26 Å². The summed E-state index contributed by atoms with van der Waals surface area (Å²) in [6.07, 6.45) is 2.08. The van der Waals surface area contributed by atoms with Crippen LogP contribution < -0.4 is 5.73 Å². The smallest absolute Gasteiger partial charge is 0.204 e. The van der Waals surface area contributed by atoms with E-state index in [-0.39, 0.29) is 28.9 Å². The minimum absolute atomic E-state index is 0.0989. The first-order valence-corrected chi connectivity index (χ1v) is 7.14. The van der Waals surface area contributed by atoms with Crippen LogP contribution in [0.5, 0.6) is 0 Å². The molecule has 1 aliphatic heterocycles. The molecule has 20 heavy (non-hydrogen) atoms. The Bertz CT molecular complexity index is 549. The molecule has 4 heteroatoms. The summed E-state index contributed by atoms with van der Waals surface area (Å²) in [6, 6.07) is 2.14. The lowest BCUT2D eigenvalue weighted by Gasteiger charge is -2.38. The van der Waals surface area contributed by atoms with Crippen LogP contribution in [0.4, 0.5) is 0 Å². The molecule has 0 saturated carbocycles. The largest absolute Gasteiger partial charge is 0.444 e. The van der Waals surface area contributed by atoms with Gasteiger partial charge in [0.25, 0.3) is 0 Å². The number of hydrogen-bond donors (Lipinski definition) is 1. The van der Waals surface area contributed by atoms with Crippen molar-refractivity contribution in [3.05, 3.63) is 22.8 Å². The van der Waals surface area contributed by atoms with Gasteiger partial charge in [-0.15, -0.1) is 0 Å². The first-order chi connectivity index (χ1) is 9.30. The summed E-state index contributed by atoms with van der Waals surface area (Å²) in [4.78, 5) is 12.5. The molecule has 0 amide bonds. The maximum Gasteiger partial charge on any atom is 0.204 e. The number of Topliss-reactive ketones (excluding diaryl/α,β-unsaturated/α-hetero) is 1. The van der Waals surface area contributed by atoms with Gasteiger partial charge in [-0.05, 0) is 11.3 Å². The van der Waals surface area contributed by atoms with Gasteiger partial charge in [-0.1, -0.05) is 34.1 Å². The lowest BCUT2D eigenvalue weighted by atomic mass is 9.68. The maximum atomic E-state index is 12.5. The second kappa shape index (κ2) is 4.97. The van der Waals surface area contributed by atoms with Crippen LogP contribution in [0.1, 0.15) is 47.0 Å².